The zero-order valence-electron chi connectivity index (χ0n) is 13.0. The first-order valence-electron chi connectivity index (χ1n) is 7.67. The molecule has 2 aromatic carbocycles. The number of carboxylic acids is 1. The van der Waals surface area contributed by atoms with E-state index >= 15 is 0 Å². The molecule has 1 aliphatic heterocycles. The molecule has 0 aromatic heterocycles. The number of likely N-dealkylation sites (tertiary alicyclic amines) is 1. The van der Waals surface area contributed by atoms with E-state index in [0.717, 1.165) is 11.1 Å². The van der Waals surface area contributed by atoms with Crippen LogP contribution in [0.3, 0.4) is 0 Å². The molecular weight excluding hydrogens is 290 g/mol. The number of Topliss-reactive ketones (excluding diaryl/α,β-unsaturated/α-hetero) is 1. The summed E-state index contributed by atoms with van der Waals surface area (Å²) in [6.45, 7) is 0.921. The van der Waals surface area contributed by atoms with Crippen molar-refractivity contribution in [2.75, 3.05) is 20.1 Å². The molecule has 0 amide bonds. The predicted octanol–water partition coefficient (Wildman–Crippen LogP) is 2.80. The summed E-state index contributed by atoms with van der Waals surface area (Å²) < 4.78 is 0. The van der Waals surface area contributed by atoms with Crippen molar-refractivity contribution in [3.8, 4) is 11.1 Å². The van der Waals surface area contributed by atoms with E-state index in [0.29, 0.717) is 18.7 Å². The highest BCUT2D eigenvalue weighted by Gasteiger charge is 2.40. The number of hydrogen-bond donors (Lipinski definition) is 1. The Morgan fingerprint density at radius 3 is 2.09 bits per heavy atom. The summed E-state index contributed by atoms with van der Waals surface area (Å²) >= 11 is 0. The molecule has 0 bridgehead atoms. The van der Waals surface area contributed by atoms with Crippen LogP contribution in [-0.4, -0.2) is 41.9 Å². The molecule has 1 saturated heterocycles. The van der Waals surface area contributed by atoms with Crippen molar-refractivity contribution in [2.24, 2.45) is 11.8 Å². The van der Waals surface area contributed by atoms with E-state index in [4.69, 9.17) is 0 Å². The smallest absolute Gasteiger partial charge is 0.308 e. The van der Waals surface area contributed by atoms with E-state index in [9.17, 15) is 14.7 Å². The van der Waals surface area contributed by atoms with Gasteiger partial charge in [0.2, 0.25) is 0 Å². The minimum atomic E-state index is -0.895. The van der Waals surface area contributed by atoms with Gasteiger partial charge in [-0.05, 0) is 18.2 Å². The first-order chi connectivity index (χ1) is 11.1. The summed E-state index contributed by atoms with van der Waals surface area (Å²) in [7, 11) is 1.85. The number of carboxylic acid groups (broad SMARTS) is 1. The fraction of sp³-hybridized carbons (Fsp3) is 0.263. The van der Waals surface area contributed by atoms with Gasteiger partial charge in [-0.15, -0.1) is 0 Å². The van der Waals surface area contributed by atoms with Gasteiger partial charge in [-0.25, -0.2) is 0 Å². The van der Waals surface area contributed by atoms with Crippen LogP contribution in [0.5, 0.6) is 0 Å². The zero-order chi connectivity index (χ0) is 16.4. The highest BCUT2D eigenvalue weighted by atomic mass is 16.4. The molecule has 4 nitrogen and oxygen atoms in total. The lowest BCUT2D eigenvalue weighted by molar-refractivity contribution is -0.142. The van der Waals surface area contributed by atoms with Crippen LogP contribution < -0.4 is 0 Å². The number of hydrogen-bond acceptors (Lipinski definition) is 3. The molecule has 0 spiro atoms. The van der Waals surface area contributed by atoms with Crippen LogP contribution in [0.4, 0.5) is 0 Å². The molecule has 1 N–H and O–H groups in total. The Labute approximate surface area is 135 Å². The molecule has 1 aliphatic rings. The molecule has 1 heterocycles. The second-order valence-electron chi connectivity index (χ2n) is 6.08. The highest BCUT2D eigenvalue weighted by Crippen LogP contribution is 2.27. The first-order valence-corrected chi connectivity index (χ1v) is 7.67. The van der Waals surface area contributed by atoms with Crippen molar-refractivity contribution < 1.29 is 14.7 Å². The number of carbonyl (C=O) groups excluding carboxylic acids is 1. The maximum atomic E-state index is 12.7. The molecule has 1 fully saturated rings. The third-order valence-electron chi connectivity index (χ3n) is 4.43. The van der Waals surface area contributed by atoms with Crippen LogP contribution in [0.15, 0.2) is 54.6 Å². The second kappa shape index (κ2) is 6.34. The fourth-order valence-corrected chi connectivity index (χ4v) is 3.19. The maximum absolute atomic E-state index is 12.7. The number of rotatable bonds is 4. The molecular formula is C19H19NO3. The summed E-state index contributed by atoms with van der Waals surface area (Å²) in [4.78, 5) is 25.9. The van der Waals surface area contributed by atoms with Gasteiger partial charge in [-0.2, -0.15) is 0 Å². The maximum Gasteiger partial charge on any atom is 0.308 e. The number of benzene rings is 2. The zero-order valence-corrected chi connectivity index (χ0v) is 13.0. The van der Waals surface area contributed by atoms with Gasteiger partial charge >= 0.3 is 5.97 Å². The van der Waals surface area contributed by atoms with Crippen molar-refractivity contribution in [2.45, 2.75) is 0 Å². The number of carbonyl (C=O) groups is 2. The lowest BCUT2D eigenvalue weighted by Crippen LogP contribution is -2.28. The molecule has 23 heavy (non-hydrogen) atoms. The summed E-state index contributed by atoms with van der Waals surface area (Å²) in [5, 5.41) is 9.31. The topological polar surface area (TPSA) is 57.6 Å². The van der Waals surface area contributed by atoms with Crippen LogP contribution in [0.25, 0.3) is 11.1 Å². The standard InChI is InChI=1S/C19H19NO3/c1-20-11-16(17(12-20)19(22)23)18(21)15-9-7-14(8-10-15)13-5-3-2-4-6-13/h2-10,16-17H,11-12H2,1H3,(H,22,23)/t16-,17?/m1/s1. The number of aliphatic carboxylic acids is 1. The number of nitrogens with zero attached hydrogens (tertiary/aromatic N) is 1. The average molecular weight is 309 g/mol. The summed E-state index contributed by atoms with van der Waals surface area (Å²) in [6.07, 6.45) is 0. The van der Waals surface area contributed by atoms with Crippen LogP contribution in [0, 0.1) is 11.8 Å². The summed E-state index contributed by atoms with van der Waals surface area (Å²) in [5.74, 6) is -2.07. The Balaban J connectivity index is 1.82. The van der Waals surface area contributed by atoms with E-state index in [1.165, 1.54) is 0 Å². The minimum Gasteiger partial charge on any atom is -0.481 e. The lowest BCUT2D eigenvalue weighted by Gasteiger charge is -2.13. The van der Waals surface area contributed by atoms with E-state index in [1.54, 1.807) is 12.1 Å². The third-order valence-corrected chi connectivity index (χ3v) is 4.43. The Morgan fingerprint density at radius 2 is 1.48 bits per heavy atom. The van der Waals surface area contributed by atoms with E-state index < -0.39 is 17.8 Å². The number of ketones is 1. The molecule has 4 heteroatoms. The predicted molar refractivity (Wildman–Crippen MR) is 88.3 cm³/mol. The van der Waals surface area contributed by atoms with Crippen molar-refractivity contribution in [1.82, 2.24) is 4.90 Å². The Morgan fingerprint density at radius 1 is 0.913 bits per heavy atom. The Hall–Kier alpha value is -2.46. The molecule has 1 unspecified atom stereocenters. The Kier molecular flexibility index (Phi) is 4.26. The molecule has 3 rings (SSSR count). The van der Waals surface area contributed by atoms with Gasteiger partial charge in [0, 0.05) is 24.6 Å². The third kappa shape index (κ3) is 3.17. The van der Waals surface area contributed by atoms with Gasteiger partial charge in [0.05, 0.1) is 5.92 Å². The van der Waals surface area contributed by atoms with Crippen LogP contribution >= 0.6 is 0 Å². The van der Waals surface area contributed by atoms with Crippen molar-refractivity contribution in [1.29, 1.82) is 0 Å². The van der Waals surface area contributed by atoms with Crippen molar-refractivity contribution >= 4 is 11.8 Å². The molecule has 118 valence electrons. The lowest BCUT2D eigenvalue weighted by atomic mass is 9.88. The summed E-state index contributed by atoms with van der Waals surface area (Å²) in [6, 6.07) is 17.4. The molecule has 0 radical (unpaired) electrons. The molecule has 2 atom stereocenters. The van der Waals surface area contributed by atoms with Gasteiger partial charge < -0.3 is 10.0 Å². The van der Waals surface area contributed by atoms with Gasteiger partial charge in [0.25, 0.3) is 0 Å². The van der Waals surface area contributed by atoms with Crippen molar-refractivity contribution in [3.05, 3.63) is 60.2 Å². The normalized spacial score (nSPS) is 21.3. The van der Waals surface area contributed by atoms with E-state index in [1.807, 2.05) is 54.4 Å². The fourth-order valence-electron chi connectivity index (χ4n) is 3.19. The first kappa shape index (κ1) is 15.4. The van der Waals surface area contributed by atoms with Crippen molar-refractivity contribution in [3.63, 3.8) is 0 Å². The molecule has 0 aliphatic carbocycles. The monoisotopic (exact) mass is 309 g/mol. The Bertz CT molecular complexity index is 709. The van der Waals surface area contributed by atoms with Crippen LogP contribution in [-0.2, 0) is 4.79 Å². The molecule has 2 aromatic rings. The van der Waals surface area contributed by atoms with Gasteiger partial charge in [-0.3, -0.25) is 9.59 Å². The second-order valence-corrected chi connectivity index (χ2v) is 6.08. The average Bonchev–Trinajstić information content (AvgIpc) is 2.97. The van der Waals surface area contributed by atoms with Crippen LogP contribution in [0.2, 0.25) is 0 Å². The van der Waals surface area contributed by atoms with Gasteiger partial charge in [-0.1, -0.05) is 54.6 Å². The van der Waals surface area contributed by atoms with Gasteiger partial charge in [0.15, 0.2) is 5.78 Å². The van der Waals surface area contributed by atoms with E-state index in [-0.39, 0.29) is 5.78 Å². The SMILES string of the molecule is CN1CC(C(=O)O)[C@H](C(=O)c2ccc(-c3ccccc3)cc2)C1. The highest BCUT2D eigenvalue weighted by molar-refractivity contribution is 6.00. The quantitative estimate of drug-likeness (QED) is 0.882. The largest absolute Gasteiger partial charge is 0.481 e. The van der Waals surface area contributed by atoms with Gasteiger partial charge in [0.1, 0.15) is 0 Å². The van der Waals surface area contributed by atoms with Crippen LogP contribution in [0.1, 0.15) is 10.4 Å². The summed E-state index contributed by atoms with van der Waals surface area (Å²) in [5.41, 5.74) is 2.72. The minimum absolute atomic E-state index is 0.0821. The molecule has 0 saturated carbocycles. The van der Waals surface area contributed by atoms with E-state index in [2.05, 4.69) is 0 Å².